The van der Waals surface area contributed by atoms with Crippen molar-refractivity contribution >= 4 is 11.9 Å². The van der Waals surface area contributed by atoms with E-state index in [1.807, 2.05) is 0 Å². The fourth-order valence-electron chi connectivity index (χ4n) is 4.80. The van der Waals surface area contributed by atoms with Crippen LogP contribution in [0.4, 0.5) is 0 Å². The first-order valence-electron chi connectivity index (χ1n) is 14.9. The Morgan fingerprint density at radius 2 is 0.944 bits per heavy atom. The third-order valence-electron chi connectivity index (χ3n) is 7.03. The molecule has 0 aliphatic heterocycles. The maximum absolute atomic E-state index is 11.9. The van der Waals surface area contributed by atoms with Crippen LogP contribution in [-0.4, -0.2) is 68.6 Å². The van der Waals surface area contributed by atoms with Crippen molar-refractivity contribution in [2.45, 2.75) is 161 Å². The molecule has 0 saturated heterocycles. The minimum Gasteiger partial charge on any atom is -0.481 e. The van der Waals surface area contributed by atoms with Gasteiger partial charge in [0.1, 0.15) is 6.04 Å². The van der Waals surface area contributed by atoms with Crippen molar-refractivity contribution in [1.29, 1.82) is 0 Å². The Kier molecular flexibility index (Phi) is 23.4. The number of aliphatic carboxylic acids is 2. The monoisotopic (exact) mass is 515 g/mol. The molecule has 3 atom stereocenters. The van der Waals surface area contributed by atoms with Crippen LogP contribution >= 0.6 is 0 Å². The predicted molar refractivity (Wildman–Crippen MR) is 146 cm³/mol. The summed E-state index contributed by atoms with van der Waals surface area (Å²) in [5.74, 6) is -2.14. The van der Waals surface area contributed by atoms with E-state index in [0.29, 0.717) is 12.8 Å². The van der Waals surface area contributed by atoms with Crippen molar-refractivity contribution in [2.75, 3.05) is 13.1 Å². The Bertz CT molecular complexity index is 502. The van der Waals surface area contributed by atoms with E-state index in [-0.39, 0.29) is 25.9 Å². The number of unbranched alkanes of at least 4 members (excludes halogenated alkanes) is 14. The van der Waals surface area contributed by atoms with Crippen molar-refractivity contribution < 1.29 is 30.0 Å². The molecule has 0 fully saturated rings. The standard InChI is InChI=1S/C29H57NO6/c1-3-5-7-9-11-13-15-17-19-25(31)23-30(27(29(35)36)21-22-28(33)34)24-26(32)20-18-16-14-12-10-8-6-4-2/h25-27,31-32H,3-24H2,1-2H3,(H,33,34)(H,35,36). The Hall–Kier alpha value is -1.18. The van der Waals surface area contributed by atoms with Crippen LogP contribution in [0, 0.1) is 0 Å². The van der Waals surface area contributed by atoms with Gasteiger partial charge in [0.25, 0.3) is 0 Å². The van der Waals surface area contributed by atoms with Gasteiger partial charge in [-0.2, -0.15) is 0 Å². The van der Waals surface area contributed by atoms with Crippen LogP contribution in [0.3, 0.4) is 0 Å². The quantitative estimate of drug-likeness (QED) is 0.0936. The number of aliphatic hydroxyl groups is 2. The van der Waals surface area contributed by atoms with Gasteiger partial charge in [0, 0.05) is 19.5 Å². The summed E-state index contributed by atoms with van der Waals surface area (Å²) in [6, 6.07) is -1.03. The smallest absolute Gasteiger partial charge is 0.320 e. The summed E-state index contributed by atoms with van der Waals surface area (Å²) >= 11 is 0. The van der Waals surface area contributed by atoms with Crippen LogP contribution in [0.15, 0.2) is 0 Å². The molecule has 0 radical (unpaired) electrons. The van der Waals surface area contributed by atoms with Gasteiger partial charge >= 0.3 is 11.9 Å². The second kappa shape index (κ2) is 24.2. The summed E-state index contributed by atoms with van der Waals surface area (Å²) < 4.78 is 0. The summed E-state index contributed by atoms with van der Waals surface area (Å²) in [4.78, 5) is 24.6. The third kappa shape index (κ3) is 21.0. The highest BCUT2D eigenvalue weighted by Crippen LogP contribution is 2.16. The Labute approximate surface area is 220 Å². The van der Waals surface area contributed by atoms with E-state index in [4.69, 9.17) is 5.11 Å². The van der Waals surface area contributed by atoms with Gasteiger partial charge in [-0.1, -0.05) is 117 Å². The summed E-state index contributed by atoms with van der Waals surface area (Å²) in [6.45, 7) is 4.69. The van der Waals surface area contributed by atoms with Crippen LogP contribution in [-0.2, 0) is 9.59 Å². The van der Waals surface area contributed by atoms with Crippen LogP contribution in [0.25, 0.3) is 0 Å². The van der Waals surface area contributed by atoms with E-state index in [2.05, 4.69) is 13.8 Å². The zero-order valence-electron chi connectivity index (χ0n) is 23.3. The van der Waals surface area contributed by atoms with Gasteiger partial charge < -0.3 is 20.4 Å². The fourth-order valence-corrected chi connectivity index (χ4v) is 4.80. The molecule has 0 spiro atoms. The lowest BCUT2D eigenvalue weighted by Gasteiger charge is -2.32. The summed E-state index contributed by atoms with van der Waals surface area (Å²) in [5.41, 5.74) is 0. The van der Waals surface area contributed by atoms with E-state index < -0.39 is 30.2 Å². The second-order valence-electron chi connectivity index (χ2n) is 10.6. The average Bonchev–Trinajstić information content (AvgIpc) is 2.82. The molecule has 214 valence electrons. The molecule has 3 unspecified atom stereocenters. The molecule has 0 aliphatic carbocycles. The highest BCUT2D eigenvalue weighted by atomic mass is 16.4. The van der Waals surface area contributed by atoms with E-state index in [1.165, 1.54) is 64.2 Å². The van der Waals surface area contributed by atoms with Crippen molar-refractivity contribution in [3.63, 3.8) is 0 Å². The molecule has 0 aromatic heterocycles. The molecule has 36 heavy (non-hydrogen) atoms. The van der Waals surface area contributed by atoms with Gasteiger partial charge in [0.05, 0.1) is 12.2 Å². The molecule has 7 heteroatoms. The van der Waals surface area contributed by atoms with Gasteiger partial charge in [0.15, 0.2) is 0 Å². The molecule has 0 rings (SSSR count). The molecule has 0 bridgehead atoms. The zero-order valence-corrected chi connectivity index (χ0v) is 23.3. The number of carboxylic acid groups (broad SMARTS) is 2. The van der Waals surface area contributed by atoms with Crippen molar-refractivity contribution in [3.05, 3.63) is 0 Å². The Morgan fingerprint density at radius 3 is 1.28 bits per heavy atom. The molecule has 0 aliphatic rings. The van der Waals surface area contributed by atoms with Crippen LogP contribution < -0.4 is 0 Å². The predicted octanol–water partition coefficient (Wildman–Crippen LogP) is 6.39. The molecule has 0 heterocycles. The van der Waals surface area contributed by atoms with Gasteiger partial charge in [-0.3, -0.25) is 14.5 Å². The van der Waals surface area contributed by atoms with E-state index in [9.17, 15) is 24.9 Å². The first-order valence-corrected chi connectivity index (χ1v) is 14.9. The molecule has 0 amide bonds. The first-order chi connectivity index (χ1) is 17.3. The van der Waals surface area contributed by atoms with Gasteiger partial charge in [-0.25, -0.2) is 0 Å². The number of nitrogens with zero attached hydrogens (tertiary/aromatic N) is 1. The van der Waals surface area contributed by atoms with Crippen LogP contribution in [0.2, 0.25) is 0 Å². The summed E-state index contributed by atoms with van der Waals surface area (Å²) in [5, 5.41) is 40.0. The van der Waals surface area contributed by atoms with E-state index in [1.54, 1.807) is 4.90 Å². The number of carboxylic acids is 2. The highest BCUT2D eigenvalue weighted by molar-refractivity contribution is 5.75. The van der Waals surface area contributed by atoms with Crippen molar-refractivity contribution in [2.24, 2.45) is 0 Å². The molecular weight excluding hydrogens is 458 g/mol. The van der Waals surface area contributed by atoms with Crippen LogP contribution in [0.5, 0.6) is 0 Å². The Balaban J connectivity index is 4.59. The van der Waals surface area contributed by atoms with Crippen molar-refractivity contribution in [3.8, 4) is 0 Å². The lowest BCUT2D eigenvalue weighted by molar-refractivity contribution is -0.145. The zero-order chi connectivity index (χ0) is 27.0. The summed E-state index contributed by atoms with van der Waals surface area (Å²) in [6.07, 6.45) is 18.2. The summed E-state index contributed by atoms with van der Waals surface area (Å²) in [7, 11) is 0. The minimum absolute atomic E-state index is 0.0420. The van der Waals surface area contributed by atoms with Gasteiger partial charge in [0.2, 0.25) is 0 Å². The maximum Gasteiger partial charge on any atom is 0.320 e. The Morgan fingerprint density at radius 1 is 0.583 bits per heavy atom. The lowest BCUT2D eigenvalue weighted by atomic mass is 10.0. The van der Waals surface area contributed by atoms with E-state index >= 15 is 0 Å². The molecular formula is C29H57NO6. The third-order valence-corrected chi connectivity index (χ3v) is 7.03. The number of carbonyl (C=O) groups is 2. The maximum atomic E-state index is 11.9. The minimum atomic E-state index is -1.10. The average molecular weight is 516 g/mol. The SMILES string of the molecule is CCCCCCCCCCC(O)CN(CC(O)CCCCCCCCCC)C(CCC(=O)O)C(=O)O. The van der Waals surface area contributed by atoms with Gasteiger partial charge in [-0.05, 0) is 19.3 Å². The largest absolute Gasteiger partial charge is 0.481 e. The molecule has 7 nitrogen and oxygen atoms in total. The normalized spacial score (nSPS) is 14.1. The highest BCUT2D eigenvalue weighted by Gasteiger charge is 2.29. The van der Waals surface area contributed by atoms with E-state index in [0.717, 1.165) is 38.5 Å². The second-order valence-corrected chi connectivity index (χ2v) is 10.6. The number of rotatable bonds is 27. The van der Waals surface area contributed by atoms with Gasteiger partial charge in [-0.15, -0.1) is 0 Å². The molecule has 0 saturated carbocycles. The fraction of sp³-hybridized carbons (Fsp3) is 0.931. The number of hydrogen-bond acceptors (Lipinski definition) is 5. The van der Waals surface area contributed by atoms with Crippen LogP contribution in [0.1, 0.15) is 142 Å². The first kappa shape index (κ1) is 34.8. The topological polar surface area (TPSA) is 118 Å². The lowest BCUT2D eigenvalue weighted by Crippen LogP contribution is -2.48. The number of aliphatic hydroxyl groups excluding tert-OH is 2. The molecule has 4 N–H and O–H groups in total. The molecule has 0 aromatic carbocycles. The molecule has 0 aromatic rings. The van der Waals surface area contributed by atoms with Crippen molar-refractivity contribution in [1.82, 2.24) is 4.90 Å². The number of hydrogen-bond donors (Lipinski definition) is 4.